The largest absolute Gasteiger partial charge is 0.378 e. The molecule has 0 bridgehead atoms. The van der Waals surface area contributed by atoms with Crippen LogP contribution in [0.2, 0.25) is 0 Å². The van der Waals surface area contributed by atoms with E-state index in [1.165, 1.54) is 8.66 Å². The third kappa shape index (κ3) is 2.31. The number of hydrogen-bond donors (Lipinski definition) is 1. The van der Waals surface area contributed by atoms with Gasteiger partial charge >= 0.3 is 0 Å². The Kier molecular flexibility index (Phi) is 3.03. The average Bonchev–Trinajstić information content (AvgIpc) is 2.52. The van der Waals surface area contributed by atoms with E-state index >= 15 is 0 Å². The fraction of sp³-hybridized carbons (Fsp3) is 0.556. The first-order chi connectivity index (χ1) is 6.25. The number of ether oxygens (including phenoxy) is 1. The zero-order valence-electron chi connectivity index (χ0n) is 7.42. The second-order valence-corrected chi connectivity index (χ2v) is 5.79. The van der Waals surface area contributed by atoms with Crippen molar-refractivity contribution in [3.8, 4) is 0 Å². The van der Waals surface area contributed by atoms with Gasteiger partial charge in [-0.25, -0.2) is 0 Å². The van der Waals surface area contributed by atoms with Crippen molar-refractivity contribution in [3.05, 3.63) is 20.8 Å². The zero-order valence-corrected chi connectivity index (χ0v) is 9.82. The van der Waals surface area contributed by atoms with Gasteiger partial charge in [0.05, 0.1) is 23.0 Å². The molecule has 1 aliphatic rings. The molecule has 0 amide bonds. The maximum Gasteiger partial charge on any atom is 0.0702 e. The first-order valence-corrected chi connectivity index (χ1v) is 5.95. The van der Waals surface area contributed by atoms with E-state index in [-0.39, 0.29) is 0 Å². The second kappa shape index (κ2) is 4.09. The summed E-state index contributed by atoms with van der Waals surface area (Å²) in [7, 11) is 0. The third-order valence-corrected chi connectivity index (χ3v) is 3.81. The smallest absolute Gasteiger partial charge is 0.0702 e. The lowest BCUT2D eigenvalue weighted by atomic mass is 10.2. The lowest BCUT2D eigenvalue weighted by Gasteiger charge is -2.28. The van der Waals surface area contributed by atoms with Gasteiger partial charge in [0.25, 0.3) is 0 Å². The minimum Gasteiger partial charge on any atom is -0.378 e. The van der Waals surface area contributed by atoms with Gasteiger partial charge in [-0.3, -0.25) is 0 Å². The van der Waals surface area contributed by atoms with Crippen LogP contribution in [0.25, 0.3) is 0 Å². The number of hydrogen-bond acceptors (Lipinski definition) is 3. The highest BCUT2D eigenvalue weighted by Crippen LogP contribution is 2.28. The molecular formula is C9H12BrNOS. The summed E-state index contributed by atoms with van der Waals surface area (Å²) in [6.45, 7) is 3.76. The van der Waals surface area contributed by atoms with E-state index in [1.807, 2.05) is 0 Å². The molecule has 13 heavy (non-hydrogen) atoms. The highest BCUT2D eigenvalue weighted by atomic mass is 79.9. The zero-order chi connectivity index (χ0) is 9.26. The predicted molar refractivity (Wildman–Crippen MR) is 58.2 cm³/mol. The second-order valence-electron chi connectivity index (χ2n) is 3.30. The highest BCUT2D eigenvalue weighted by molar-refractivity contribution is 9.11. The van der Waals surface area contributed by atoms with Crippen molar-refractivity contribution >= 4 is 27.3 Å². The molecule has 1 aromatic rings. The predicted octanol–water partition coefficient (Wildman–Crippen LogP) is 2.56. The third-order valence-electron chi connectivity index (χ3n) is 2.08. The Hall–Kier alpha value is 0.1000. The van der Waals surface area contributed by atoms with Crippen molar-refractivity contribution < 1.29 is 4.74 Å². The molecule has 2 rings (SSSR count). The molecule has 0 radical (unpaired) electrons. The van der Waals surface area contributed by atoms with Crippen molar-refractivity contribution in [1.82, 2.24) is 5.32 Å². The van der Waals surface area contributed by atoms with E-state index in [0.29, 0.717) is 12.1 Å². The topological polar surface area (TPSA) is 21.3 Å². The van der Waals surface area contributed by atoms with E-state index in [9.17, 15) is 0 Å². The minimum atomic E-state index is 0.375. The van der Waals surface area contributed by atoms with E-state index in [1.54, 1.807) is 11.3 Å². The fourth-order valence-electron chi connectivity index (χ4n) is 1.48. The number of halogens is 1. The summed E-state index contributed by atoms with van der Waals surface area (Å²) < 4.78 is 6.67. The summed E-state index contributed by atoms with van der Waals surface area (Å²) >= 11 is 5.23. The van der Waals surface area contributed by atoms with Gasteiger partial charge in [0.15, 0.2) is 0 Å². The lowest BCUT2D eigenvalue weighted by molar-refractivity contribution is 0.0514. The molecule has 2 heterocycles. The molecule has 2 unspecified atom stereocenters. The van der Waals surface area contributed by atoms with Crippen LogP contribution < -0.4 is 5.32 Å². The van der Waals surface area contributed by atoms with Crippen LogP contribution in [0.3, 0.4) is 0 Å². The quantitative estimate of drug-likeness (QED) is 0.839. The molecule has 0 saturated carbocycles. The number of nitrogens with one attached hydrogen (secondary N) is 1. The number of thiophene rings is 1. The summed E-state index contributed by atoms with van der Waals surface area (Å²) in [5.74, 6) is 0. The maximum absolute atomic E-state index is 5.49. The van der Waals surface area contributed by atoms with Gasteiger partial charge in [0, 0.05) is 10.9 Å². The van der Waals surface area contributed by atoms with Crippen LogP contribution in [0.15, 0.2) is 15.9 Å². The van der Waals surface area contributed by atoms with Crippen molar-refractivity contribution in [1.29, 1.82) is 0 Å². The molecular weight excluding hydrogens is 250 g/mol. The van der Waals surface area contributed by atoms with E-state index < -0.39 is 0 Å². The van der Waals surface area contributed by atoms with Crippen LogP contribution in [0.4, 0.5) is 0 Å². The van der Waals surface area contributed by atoms with Crippen molar-refractivity contribution in [2.45, 2.75) is 19.0 Å². The summed E-state index contributed by atoms with van der Waals surface area (Å²) in [6, 6.07) is 5.06. The maximum atomic E-state index is 5.49. The Bertz CT molecular complexity index is 289. The average molecular weight is 262 g/mol. The van der Waals surface area contributed by atoms with E-state index in [4.69, 9.17) is 4.74 Å². The van der Waals surface area contributed by atoms with Crippen LogP contribution >= 0.6 is 27.3 Å². The molecule has 0 aromatic carbocycles. The monoisotopic (exact) mass is 261 g/mol. The molecule has 2 nitrogen and oxygen atoms in total. The fourth-order valence-corrected chi connectivity index (χ4v) is 2.95. The summed E-state index contributed by atoms with van der Waals surface area (Å²) in [6.07, 6.45) is 0. The standard InChI is InChI=1S/C9H12BrNOS/c1-6-4-12-5-7(11-6)8-2-3-9(10)13-8/h2-3,6-7,11H,4-5H2,1H3. The van der Waals surface area contributed by atoms with Crippen LogP contribution in [-0.4, -0.2) is 19.3 Å². The molecule has 72 valence electrons. The van der Waals surface area contributed by atoms with Gasteiger partial charge in [-0.2, -0.15) is 0 Å². The normalized spacial score (nSPS) is 29.1. The SMILES string of the molecule is CC1COCC(c2ccc(Br)s2)N1. The number of rotatable bonds is 1. The highest BCUT2D eigenvalue weighted by Gasteiger charge is 2.20. The molecule has 1 aliphatic heterocycles. The van der Waals surface area contributed by atoms with Crippen LogP contribution in [0, 0.1) is 0 Å². The van der Waals surface area contributed by atoms with Gasteiger partial charge in [0.2, 0.25) is 0 Å². The van der Waals surface area contributed by atoms with Gasteiger partial charge < -0.3 is 10.1 Å². The molecule has 4 heteroatoms. The van der Waals surface area contributed by atoms with E-state index in [0.717, 1.165) is 13.2 Å². The van der Waals surface area contributed by atoms with Crippen molar-refractivity contribution in [3.63, 3.8) is 0 Å². The first-order valence-electron chi connectivity index (χ1n) is 4.35. The summed E-state index contributed by atoms with van der Waals surface area (Å²) in [4.78, 5) is 1.35. The van der Waals surface area contributed by atoms with Gasteiger partial charge in [-0.15, -0.1) is 11.3 Å². The van der Waals surface area contributed by atoms with Crippen molar-refractivity contribution in [2.24, 2.45) is 0 Å². The Balaban J connectivity index is 2.08. The number of morpholine rings is 1. The summed E-state index contributed by atoms with van der Waals surface area (Å²) in [5.41, 5.74) is 0. The molecule has 1 saturated heterocycles. The van der Waals surface area contributed by atoms with Gasteiger partial charge in [-0.1, -0.05) is 0 Å². The molecule has 1 fully saturated rings. The van der Waals surface area contributed by atoms with Gasteiger partial charge in [0.1, 0.15) is 0 Å². The van der Waals surface area contributed by atoms with Crippen molar-refractivity contribution in [2.75, 3.05) is 13.2 Å². The van der Waals surface area contributed by atoms with Crippen LogP contribution in [0.1, 0.15) is 17.8 Å². The lowest BCUT2D eigenvalue weighted by Crippen LogP contribution is -2.41. The molecule has 0 spiro atoms. The minimum absolute atomic E-state index is 0.375. The molecule has 1 N–H and O–H groups in total. The molecule has 0 aliphatic carbocycles. The summed E-state index contributed by atoms with van der Waals surface area (Å²) in [5, 5.41) is 3.51. The molecule has 2 atom stereocenters. The van der Waals surface area contributed by atoms with Crippen LogP contribution in [0.5, 0.6) is 0 Å². The van der Waals surface area contributed by atoms with Gasteiger partial charge in [-0.05, 0) is 35.0 Å². The molecule has 1 aromatic heterocycles. The Morgan fingerprint density at radius 3 is 3.00 bits per heavy atom. The first kappa shape index (κ1) is 9.65. The van der Waals surface area contributed by atoms with E-state index in [2.05, 4.69) is 40.3 Å². The Labute approximate surface area is 90.4 Å². The Morgan fingerprint density at radius 1 is 1.54 bits per heavy atom. The Morgan fingerprint density at radius 2 is 2.38 bits per heavy atom. The van der Waals surface area contributed by atoms with Crippen LogP contribution in [-0.2, 0) is 4.74 Å².